The molecule has 58 heavy (non-hydrogen) atoms. The molecular formula is C56H38N2. The lowest BCUT2D eigenvalue weighted by atomic mass is 9.96. The van der Waals surface area contributed by atoms with Gasteiger partial charge in [0.15, 0.2) is 0 Å². The third-order valence-electron chi connectivity index (χ3n) is 11.6. The van der Waals surface area contributed by atoms with Gasteiger partial charge in [0.2, 0.25) is 0 Å². The summed E-state index contributed by atoms with van der Waals surface area (Å²) in [6.45, 7) is 0. The summed E-state index contributed by atoms with van der Waals surface area (Å²) in [5.41, 5.74) is 14.1. The summed E-state index contributed by atoms with van der Waals surface area (Å²) in [5, 5.41) is 7.54. The second kappa shape index (κ2) is 14.1. The van der Waals surface area contributed by atoms with E-state index in [2.05, 4.69) is 240 Å². The Labute approximate surface area is 338 Å². The molecule has 11 rings (SSSR count). The summed E-state index contributed by atoms with van der Waals surface area (Å²) < 4.78 is 2.39. The van der Waals surface area contributed by atoms with E-state index in [1.807, 2.05) is 0 Å². The minimum absolute atomic E-state index is 1.09. The molecule has 0 saturated carbocycles. The second-order valence-corrected chi connectivity index (χ2v) is 14.9. The molecule has 0 N–H and O–H groups in total. The van der Waals surface area contributed by atoms with Crippen molar-refractivity contribution in [2.45, 2.75) is 0 Å². The number of fused-ring (bicyclic) bond motifs is 5. The SMILES string of the molecule is c1cc(N(c2ccc(-c3ccc(-c4cccc5ccccc45)cc3)cc2)c2ccc(-c3cccc4ccccc34)cc2)cc(-n2c3ccccc3c3ccccc32)c1. The van der Waals surface area contributed by atoms with Crippen LogP contribution in [0.15, 0.2) is 231 Å². The molecule has 2 heteroatoms. The first-order valence-corrected chi connectivity index (χ1v) is 19.9. The van der Waals surface area contributed by atoms with Gasteiger partial charge in [0.05, 0.1) is 11.0 Å². The predicted molar refractivity (Wildman–Crippen MR) is 247 cm³/mol. The van der Waals surface area contributed by atoms with E-state index in [4.69, 9.17) is 0 Å². The number of hydrogen-bond acceptors (Lipinski definition) is 1. The topological polar surface area (TPSA) is 8.17 Å². The summed E-state index contributed by atoms with van der Waals surface area (Å²) in [6, 6.07) is 83.6. The van der Waals surface area contributed by atoms with Crippen LogP contribution in [0, 0.1) is 0 Å². The van der Waals surface area contributed by atoms with Crippen LogP contribution in [0.5, 0.6) is 0 Å². The molecule has 272 valence electrons. The maximum absolute atomic E-state index is 2.39. The Morgan fingerprint density at radius 1 is 0.276 bits per heavy atom. The molecule has 1 aromatic heterocycles. The van der Waals surface area contributed by atoms with Crippen molar-refractivity contribution < 1.29 is 0 Å². The molecule has 2 nitrogen and oxygen atoms in total. The number of anilines is 3. The molecule has 0 radical (unpaired) electrons. The number of hydrogen-bond donors (Lipinski definition) is 0. The Hall–Kier alpha value is -7.68. The van der Waals surface area contributed by atoms with Crippen LogP contribution in [-0.2, 0) is 0 Å². The molecule has 0 fully saturated rings. The summed E-state index contributed by atoms with van der Waals surface area (Å²) in [6.07, 6.45) is 0. The summed E-state index contributed by atoms with van der Waals surface area (Å²) >= 11 is 0. The highest BCUT2D eigenvalue weighted by Crippen LogP contribution is 2.40. The number of rotatable bonds is 7. The average molecular weight is 739 g/mol. The molecule has 0 aliphatic carbocycles. The maximum atomic E-state index is 2.39. The van der Waals surface area contributed by atoms with Gasteiger partial charge in [-0.25, -0.2) is 0 Å². The summed E-state index contributed by atoms with van der Waals surface area (Å²) in [5.74, 6) is 0. The fourth-order valence-electron chi connectivity index (χ4n) is 8.81. The fraction of sp³-hybridized carbons (Fsp3) is 0. The van der Waals surface area contributed by atoms with Gasteiger partial charge in [-0.15, -0.1) is 0 Å². The smallest absolute Gasteiger partial charge is 0.0541 e. The fourth-order valence-corrected chi connectivity index (χ4v) is 8.81. The zero-order valence-electron chi connectivity index (χ0n) is 31.8. The van der Waals surface area contributed by atoms with Crippen LogP contribution in [0.25, 0.3) is 82.4 Å². The van der Waals surface area contributed by atoms with Crippen molar-refractivity contribution in [3.05, 3.63) is 231 Å². The van der Waals surface area contributed by atoms with Crippen LogP contribution in [0.4, 0.5) is 17.1 Å². The number of benzene rings is 10. The van der Waals surface area contributed by atoms with Crippen molar-refractivity contribution in [1.29, 1.82) is 0 Å². The highest BCUT2D eigenvalue weighted by atomic mass is 15.1. The molecule has 10 aromatic carbocycles. The molecule has 0 saturated heterocycles. The zero-order valence-corrected chi connectivity index (χ0v) is 31.8. The van der Waals surface area contributed by atoms with E-state index in [-0.39, 0.29) is 0 Å². The molecular weight excluding hydrogens is 701 g/mol. The average Bonchev–Trinajstić information content (AvgIpc) is 3.64. The van der Waals surface area contributed by atoms with Crippen LogP contribution < -0.4 is 4.90 Å². The van der Waals surface area contributed by atoms with E-state index in [0.29, 0.717) is 0 Å². The van der Waals surface area contributed by atoms with E-state index in [9.17, 15) is 0 Å². The van der Waals surface area contributed by atoms with Crippen molar-refractivity contribution in [2.24, 2.45) is 0 Å². The summed E-state index contributed by atoms with van der Waals surface area (Å²) in [7, 11) is 0. The largest absolute Gasteiger partial charge is 0.310 e. The van der Waals surface area contributed by atoms with Gasteiger partial charge in [-0.3, -0.25) is 0 Å². The van der Waals surface area contributed by atoms with E-state index in [1.54, 1.807) is 0 Å². The highest BCUT2D eigenvalue weighted by molar-refractivity contribution is 6.09. The Kier molecular flexibility index (Phi) is 8.19. The van der Waals surface area contributed by atoms with Gasteiger partial charge in [0, 0.05) is 33.5 Å². The minimum atomic E-state index is 1.09. The Bertz CT molecular complexity index is 3200. The Morgan fingerprint density at radius 3 is 1.21 bits per heavy atom. The number of aromatic nitrogens is 1. The van der Waals surface area contributed by atoms with Crippen LogP contribution in [-0.4, -0.2) is 4.57 Å². The van der Waals surface area contributed by atoms with E-state index >= 15 is 0 Å². The van der Waals surface area contributed by atoms with Gasteiger partial charge in [0.1, 0.15) is 0 Å². The lowest BCUT2D eigenvalue weighted by Crippen LogP contribution is -2.10. The third kappa shape index (κ3) is 5.82. The number of para-hydroxylation sites is 2. The standard InChI is InChI=1S/C56H38N2/c1-3-18-49-41(12-1)14-9-22-51(49)43-28-26-39(27-29-43)40-30-34-45(35-31-40)57(46-36-32-44(33-37-46)52-23-10-15-42-13-2-4-19-50(42)52)47-16-11-17-48(38-47)58-55-24-7-5-20-53(55)54-21-6-8-25-56(54)58/h1-38H. The molecule has 11 aromatic rings. The molecule has 0 unspecified atom stereocenters. The molecule has 0 aliphatic rings. The van der Waals surface area contributed by atoms with Gasteiger partial charge in [0.25, 0.3) is 0 Å². The van der Waals surface area contributed by atoms with E-state index in [0.717, 1.165) is 22.7 Å². The third-order valence-corrected chi connectivity index (χ3v) is 11.6. The monoisotopic (exact) mass is 738 g/mol. The second-order valence-electron chi connectivity index (χ2n) is 14.9. The Morgan fingerprint density at radius 2 is 0.672 bits per heavy atom. The lowest BCUT2D eigenvalue weighted by Gasteiger charge is -2.27. The van der Waals surface area contributed by atoms with Gasteiger partial charge >= 0.3 is 0 Å². The first-order chi connectivity index (χ1) is 28.8. The first-order valence-electron chi connectivity index (χ1n) is 19.9. The molecule has 0 aliphatic heterocycles. The molecule has 0 bridgehead atoms. The zero-order chi connectivity index (χ0) is 38.4. The van der Waals surface area contributed by atoms with Gasteiger partial charge in [-0.2, -0.15) is 0 Å². The quantitative estimate of drug-likeness (QED) is 0.158. The Balaban J connectivity index is 0.997. The van der Waals surface area contributed by atoms with Crippen LogP contribution in [0.2, 0.25) is 0 Å². The van der Waals surface area contributed by atoms with Crippen molar-refractivity contribution in [3.8, 4) is 39.1 Å². The maximum Gasteiger partial charge on any atom is 0.0541 e. The van der Waals surface area contributed by atoms with Crippen molar-refractivity contribution in [1.82, 2.24) is 4.57 Å². The van der Waals surface area contributed by atoms with Gasteiger partial charge in [-0.05, 0) is 110 Å². The van der Waals surface area contributed by atoms with Gasteiger partial charge in [-0.1, -0.05) is 176 Å². The van der Waals surface area contributed by atoms with E-state index in [1.165, 1.54) is 76.7 Å². The predicted octanol–water partition coefficient (Wildman–Crippen LogP) is 15.6. The summed E-state index contributed by atoms with van der Waals surface area (Å²) in [4.78, 5) is 2.37. The van der Waals surface area contributed by atoms with Crippen molar-refractivity contribution >= 4 is 60.4 Å². The molecule has 0 atom stereocenters. The molecule has 0 amide bonds. The van der Waals surface area contributed by atoms with Crippen LogP contribution in [0.3, 0.4) is 0 Å². The van der Waals surface area contributed by atoms with Crippen molar-refractivity contribution in [2.75, 3.05) is 4.90 Å². The minimum Gasteiger partial charge on any atom is -0.310 e. The van der Waals surface area contributed by atoms with E-state index < -0.39 is 0 Å². The van der Waals surface area contributed by atoms with Gasteiger partial charge < -0.3 is 9.47 Å². The van der Waals surface area contributed by atoms with Crippen LogP contribution in [0.1, 0.15) is 0 Å². The lowest BCUT2D eigenvalue weighted by molar-refractivity contribution is 1.17. The number of nitrogens with zero attached hydrogens (tertiary/aromatic N) is 2. The normalized spacial score (nSPS) is 11.4. The highest BCUT2D eigenvalue weighted by Gasteiger charge is 2.17. The first kappa shape index (κ1) is 33.6. The molecule has 1 heterocycles. The molecule has 0 spiro atoms. The van der Waals surface area contributed by atoms with Crippen LogP contribution >= 0.6 is 0 Å². The van der Waals surface area contributed by atoms with Crippen molar-refractivity contribution in [3.63, 3.8) is 0 Å².